The second-order valence-corrected chi connectivity index (χ2v) is 15.7. The largest absolute Gasteiger partial charge is 0.455 e. The van der Waals surface area contributed by atoms with Crippen molar-refractivity contribution in [2.45, 2.75) is 12.8 Å². The monoisotopic (exact) mass is 704 g/mol. The maximum atomic E-state index is 6.64. The van der Waals surface area contributed by atoms with E-state index >= 15 is 0 Å². The Morgan fingerprint density at radius 2 is 1.04 bits per heavy atom. The molecule has 252 valence electrons. The van der Waals surface area contributed by atoms with Gasteiger partial charge >= 0.3 is 0 Å². The Bertz CT molecular complexity index is 3320. The number of hydrogen-bond acceptors (Lipinski definition) is 2. The average Bonchev–Trinajstić information content (AvgIpc) is 3.82. The molecule has 0 fully saturated rings. The molecular formula is C52H32OS. The van der Waals surface area contributed by atoms with E-state index in [9.17, 15) is 0 Å². The van der Waals surface area contributed by atoms with E-state index in [1.807, 2.05) is 11.3 Å². The molecule has 2 heterocycles. The van der Waals surface area contributed by atoms with E-state index in [0.29, 0.717) is 0 Å². The average molecular weight is 705 g/mol. The van der Waals surface area contributed by atoms with Crippen molar-refractivity contribution in [2.75, 3.05) is 0 Å². The van der Waals surface area contributed by atoms with Crippen molar-refractivity contribution in [3.8, 4) is 22.3 Å². The number of hydrogen-bond donors (Lipinski definition) is 0. The summed E-state index contributed by atoms with van der Waals surface area (Å²) >= 11 is 1.89. The molecule has 12 rings (SSSR count). The van der Waals surface area contributed by atoms with Gasteiger partial charge in [0, 0.05) is 36.3 Å². The number of allylic oxidation sites excluding steroid dienone is 1. The molecule has 0 atom stereocenters. The van der Waals surface area contributed by atoms with Gasteiger partial charge in [-0.3, -0.25) is 0 Å². The van der Waals surface area contributed by atoms with Crippen LogP contribution in [0, 0.1) is 0 Å². The van der Waals surface area contributed by atoms with Crippen molar-refractivity contribution in [3.05, 3.63) is 180 Å². The molecule has 0 saturated heterocycles. The van der Waals surface area contributed by atoms with Crippen LogP contribution in [0.15, 0.2) is 168 Å². The minimum Gasteiger partial charge on any atom is -0.455 e. The maximum Gasteiger partial charge on any atom is 0.145 e. The molecule has 0 bridgehead atoms. The zero-order valence-corrected chi connectivity index (χ0v) is 30.2. The van der Waals surface area contributed by atoms with Crippen LogP contribution in [0.3, 0.4) is 0 Å². The van der Waals surface area contributed by atoms with Crippen LogP contribution in [0.1, 0.15) is 23.1 Å². The summed E-state index contributed by atoms with van der Waals surface area (Å²) in [6.45, 7) is 0. The Labute approximate surface area is 316 Å². The predicted octanol–water partition coefficient (Wildman–Crippen LogP) is 15.2. The number of benzene rings is 9. The molecule has 0 N–H and O–H groups in total. The van der Waals surface area contributed by atoms with E-state index in [-0.39, 0.29) is 0 Å². The smallest absolute Gasteiger partial charge is 0.145 e. The lowest BCUT2D eigenvalue weighted by Gasteiger charge is -2.21. The number of rotatable bonds is 3. The lowest BCUT2D eigenvalue weighted by atomic mass is 9.83. The molecule has 0 saturated carbocycles. The van der Waals surface area contributed by atoms with E-state index in [0.717, 1.165) is 24.0 Å². The number of fused-ring (bicyclic) bond motifs is 13. The minimum atomic E-state index is 0.945. The molecule has 1 aliphatic carbocycles. The van der Waals surface area contributed by atoms with Crippen LogP contribution in [-0.2, 0) is 6.42 Å². The molecule has 0 radical (unpaired) electrons. The van der Waals surface area contributed by atoms with Gasteiger partial charge in [-0.15, -0.1) is 11.3 Å². The number of aryl methyl sites for hydroxylation is 1. The van der Waals surface area contributed by atoms with Crippen molar-refractivity contribution in [1.82, 2.24) is 0 Å². The third-order valence-electron chi connectivity index (χ3n) is 11.7. The highest BCUT2D eigenvalue weighted by atomic mass is 32.1. The quantitative estimate of drug-likeness (QED) is 0.167. The second kappa shape index (κ2) is 11.5. The number of thiophene rings is 1. The van der Waals surface area contributed by atoms with Crippen LogP contribution >= 0.6 is 11.3 Å². The molecule has 2 heteroatoms. The Morgan fingerprint density at radius 3 is 1.78 bits per heavy atom. The highest BCUT2D eigenvalue weighted by Crippen LogP contribution is 2.48. The van der Waals surface area contributed by atoms with Crippen molar-refractivity contribution in [1.29, 1.82) is 0 Å². The van der Waals surface area contributed by atoms with Crippen LogP contribution in [0.4, 0.5) is 0 Å². The second-order valence-electron chi connectivity index (χ2n) is 14.7. The third-order valence-corrected chi connectivity index (χ3v) is 12.9. The van der Waals surface area contributed by atoms with Gasteiger partial charge < -0.3 is 4.42 Å². The topological polar surface area (TPSA) is 13.1 Å². The lowest BCUT2D eigenvalue weighted by Crippen LogP contribution is -2.00. The van der Waals surface area contributed by atoms with Gasteiger partial charge in [0.1, 0.15) is 11.2 Å². The van der Waals surface area contributed by atoms with Gasteiger partial charge in [0.25, 0.3) is 0 Å². The predicted molar refractivity (Wildman–Crippen MR) is 233 cm³/mol. The summed E-state index contributed by atoms with van der Waals surface area (Å²) in [4.78, 5) is 0. The summed E-state index contributed by atoms with van der Waals surface area (Å²) in [5, 5.41) is 12.6. The summed E-state index contributed by atoms with van der Waals surface area (Å²) in [5.41, 5.74) is 12.6. The summed E-state index contributed by atoms with van der Waals surface area (Å²) in [6.07, 6.45) is 4.46. The van der Waals surface area contributed by atoms with Gasteiger partial charge in [0.2, 0.25) is 0 Å². The van der Waals surface area contributed by atoms with Gasteiger partial charge in [0.05, 0.1) is 0 Å². The molecule has 54 heavy (non-hydrogen) atoms. The minimum absolute atomic E-state index is 0.945. The normalized spacial score (nSPS) is 13.1. The van der Waals surface area contributed by atoms with Crippen LogP contribution in [0.25, 0.3) is 108 Å². The fourth-order valence-corrected chi connectivity index (χ4v) is 10.6. The van der Waals surface area contributed by atoms with E-state index in [4.69, 9.17) is 4.42 Å². The summed E-state index contributed by atoms with van der Waals surface area (Å²) in [7, 11) is 0. The lowest BCUT2D eigenvalue weighted by molar-refractivity contribution is 0.673. The zero-order valence-electron chi connectivity index (χ0n) is 29.4. The molecular weight excluding hydrogens is 673 g/mol. The van der Waals surface area contributed by atoms with E-state index in [1.165, 1.54) is 108 Å². The molecule has 11 aromatic rings. The Balaban J connectivity index is 0.988. The van der Waals surface area contributed by atoms with Gasteiger partial charge in [-0.2, -0.15) is 0 Å². The molecule has 1 aliphatic rings. The molecule has 0 spiro atoms. The van der Waals surface area contributed by atoms with Crippen LogP contribution < -0.4 is 0 Å². The molecule has 0 amide bonds. The van der Waals surface area contributed by atoms with Crippen LogP contribution in [-0.4, -0.2) is 0 Å². The van der Waals surface area contributed by atoms with Crippen LogP contribution in [0.5, 0.6) is 0 Å². The first-order valence-corrected chi connectivity index (χ1v) is 19.6. The SMILES string of the molecule is C1=C(c2ccc3c(c2)sc2c4ccccc4c4c5ccccc5oc4c32)CCc2cc(-c3c4ccccc4c(-c4ccccc4)c4ccccc34)ccc21. The van der Waals surface area contributed by atoms with Gasteiger partial charge in [0.15, 0.2) is 0 Å². The highest BCUT2D eigenvalue weighted by Gasteiger charge is 2.22. The first-order chi connectivity index (χ1) is 26.8. The number of para-hydroxylation sites is 1. The van der Waals surface area contributed by atoms with E-state index < -0.39 is 0 Å². The van der Waals surface area contributed by atoms with Gasteiger partial charge in [-0.1, -0.05) is 158 Å². The van der Waals surface area contributed by atoms with Crippen molar-refractivity contribution in [3.63, 3.8) is 0 Å². The standard InChI is InChI=1S/C52H32OS/c1-2-12-31(13-3-1)47-37-14-4-6-16-39(37)48(40-17-7-5-15-38(40)47)36-25-24-32-28-33(22-23-34(32)29-36)35-26-27-44-46(30-35)54-52-42-19-9-8-18-41(42)49-43-20-10-11-21-45(43)53-51(49)50(44)52/h1-21,24-30H,22-23H2. The summed E-state index contributed by atoms with van der Waals surface area (Å²) in [6, 6.07) is 60.2. The highest BCUT2D eigenvalue weighted by molar-refractivity contribution is 7.27. The fraction of sp³-hybridized carbons (Fsp3) is 0.0385. The molecule has 9 aromatic carbocycles. The van der Waals surface area contributed by atoms with Gasteiger partial charge in [-0.25, -0.2) is 0 Å². The maximum absolute atomic E-state index is 6.64. The van der Waals surface area contributed by atoms with Crippen molar-refractivity contribution < 1.29 is 4.42 Å². The first kappa shape index (κ1) is 30.0. The van der Waals surface area contributed by atoms with E-state index in [2.05, 4.69) is 170 Å². The van der Waals surface area contributed by atoms with Crippen molar-refractivity contribution >= 4 is 97.4 Å². The molecule has 0 unspecified atom stereocenters. The Kier molecular flexibility index (Phi) is 6.40. The first-order valence-electron chi connectivity index (χ1n) is 18.8. The molecule has 0 aliphatic heterocycles. The number of furan rings is 1. The zero-order chi connectivity index (χ0) is 35.3. The Hall–Kier alpha value is -6.48. The van der Waals surface area contributed by atoms with Gasteiger partial charge in [-0.05, 0) is 96.4 Å². The fourth-order valence-electron chi connectivity index (χ4n) is 9.33. The molecule has 1 nitrogen and oxygen atoms in total. The Morgan fingerprint density at radius 1 is 0.426 bits per heavy atom. The van der Waals surface area contributed by atoms with Crippen LogP contribution in [0.2, 0.25) is 0 Å². The summed E-state index contributed by atoms with van der Waals surface area (Å²) in [5.74, 6) is 0. The molecule has 2 aromatic heterocycles. The van der Waals surface area contributed by atoms with Crippen molar-refractivity contribution in [2.24, 2.45) is 0 Å². The summed E-state index contributed by atoms with van der Waals surface area (Å²) < 4.78 is 9.24. The van der Waals surface area contributed by atoms with E-state index in [1.54, 1.807) is 0 Å². The third kappa shape index (κ3) is 4.32.